The van der Waals surface area contributed by atoms with Crippen LogP contribution in [0.2, 0.25) is 0 Å². The highest BCUT2D eigenvalue weighted by Crippen LogP contribution is 2.15. The molecule has 4 heteroatoms. The molecule has 0 N–H and O–H groups in total. The summed E-state index contributed by atoms with van der Waals surface area (Å²) in [7, 11) is 0. The number of carbonyl (C=O) groups excluding carboxylic acids is 1. The van der Waals surface area contributed by atoms with Crippen molar-refractivity contribution in [1.82, 2.24) is 4.98 Å². The maximum Gasteiger partial charge on any atom is 0.221 e. The second kappa shape index (κ2) is 7.42. The van der Waals surface area contributed by atoms with Crippen molar-refractivity contribution >= 4 is 11.9 Å². The fourth-order valence-corrected chi connectivity index (χ4v) is 2.14. The second-order valence-corrected chi connectivity index (χ2v) is 5.29. The number of hydrogen-bond acceptors (Lipinski definition) is 4. The van der Waals surface area contributed by atoms with E-state index in [9.17, 15) is 4.79 Å². The zero-order valence-electron chi connectivity index (χ0n) is 13.3. The molecule has 4 nitrogen and oxygen atoms in total. The fourth-order valence-electron chi connectivity index (χ4n) is 2.14. The van der Waals surface area contributed by atoms with Gasteiger partial charge in [-0.3, -0.25) is 9.78 Å². The molecule has 0 unspecified atom stereocenters. The van der Waals surface area contributed by atoms with E-state index >= 15 is 0 Å². The number of furan rings is 1. The van der Waals surface area contributed by atoms with Gasteiger partial charge in [0.2, 0.25) is 5.78 Å². The summed E-state index contributed by atoms with van der Waals surface area (Å²) in [6, 6.07) is 16.7. The number of carbonyl (C=O) groups is 1. The molecule has 2 aromatic heterocycles. The van der Waals surface area contributed by atoms with Gasteiger partial charge in [0.15, 0.2) is 5.76 Å². The molecule has 2 heterocycles. The van der Waals surface area contributed by atoms with Gasteiger partial charge in [0.1, 0.15) is 18.1 Å². The van der Waals surface area contributed by atoms with Crippen LogP contribution in [0.5, 0.6) is 5.75 Å². The molecule has 0 aliphatic heterocycles. The van der Waals surface area contributed by atoms with Gasteiger partial charge in [0.05, 0.1) is 5.69 Å². The van der Waals surface area contributed by atoms with Crippen LogP contribution in [0.15, 0.2) is 71.3 Å². The number of nitrogens with zero attached hydrogens (tertiary/aromatic N) is 1. The van der Waals surface area contributed by atoms with Crippen molar-refractivity contribution in [2.75, 3.05) is 0 Å². The molecule has 0 amide bonds. The highest BCUT2D eigenvalue weighted by molar-refractivity contribution is 6.04. The van der Waals surface area contributed by atoms with Gasteiger partial charge in [0, 0.05) is 6.20 Å². The summed E-state index contributed by atoms with van der Waals surface area (Å²) in [6.45, 7) is 2.23. The number of ketones is 1. The van der Waals surface area contributed by atoms with Crippen LogP contribution in [0.4, 0.5) is 0 Å². The first-order chi connectivity index (χ1) is 11.7. The van der Waals surface area contributed by atoms with E-state index in [-0.39, 0.29) is 5.78 Å². The second-order valence-electron chi connectivity index (χ2n) is 5.29. The van der Waals surface area contributed by atoms with E-state index in [2.05, 4.69) is 4.98 Å². The van der Waals surface area contributed by atoms with Crippen molar-refractivity contribution in [1.29, 1.82) is 0 Å². The van der Waals surface area contributed by atoms with Gasteiger partial charge in [-0.1, -0.05) is 24.3 Å². The first-order valence-corrected chi connectivity index (χ1v) is 7.62. The van der Waals surface area contributed by atoms with E-state index in [1.54, 1.807) is 24.4 Å². The molecule has 0 bridgehead atoms. The molecule has 0 fully saturated rings. The van der Waals surface area contributed by atoms with Gasteiger partial charge in [0.25, 0.3) is 0 Å². The standard InChI is InChI=1S/C20H17NO3/c1-15-5-12-20(24-15)19(22)11-8-16-6-9-18(10-7-16)23-14-17-4-2-3-13-21-17/h2-13H,14H2,1H3/b11-8+. The third-order valence-electron chi connectivity index (χ3n) is 3.40. The Morgan fingerprint density at radius 1 is 1.12 bits per heavy atom. The smallest absolute Gasteiger partial charge is 0.221 e. The minimum atomic E-state index is -0.154. The molecule has 0 radical (unpaired) electrons. The Labute approximate surface area is 140 Å². The van der Waals surface area contributed by atoms with Crippen LogP contribution in [0.3, 0.4) is 0 Å². The van der Waals surface area contributed by atoms with Crippen molar-refractivity contribution in [3.63, 3.8) is 0 Å². The normalized spacial score (nSPS) is 10.9. The molecule has 3 rings (SSSR count). The summed E-state index contributed by atoms with van der Waals surface area (Å²) in [5.74, 6) is 1.67. The molecule has 24 heavy (non-hydrogen) atoms. The molecule has 0 saturated heterocycles. The van der Waals surface area contributed by atoms with Gasteiger partial charge in [-0.25, -0.2) is 0 Å². The number of pyridine rings is 1. The van der Waals surface area contributed by atoms with Gasteiger partial charge in [-0.05, 0) is 55.0 Å². The van der Waals surface area contributed by atoms with Crippen LogP contribution in [-0.4, -0.2) is 10.8 Å². The molecule has 3 aromatic rings. The largest absolute Gasteiger partial charge is 0.487 e. The van der Waals surface area contributed by atoms with Crippen LogP contribution < -0.4 is 4.74 Å². The Balaban J connectivity index is 1.58. The van der Waals surface area contributed by atoms with Crippen molar-refractivity contribution < 1.29 is 13.9 Å². The summed E-state index contributed by atoms with van der Waals surface area (Å²) in [4.78, 5) is 16.2. The highest BCUT2D eigenvalue weighted by Gasteiger charge is 2.05. The quantitative estimate of drug-likeness (QED) is 0.497. The summed E-state index contributed by atoms with van der Waals surface area (Å²) in [6.07, 6.45) is 4.99. The third-order valence-corrected chi connectivity index (χ3v) is 3.40. The first-order valence-electron chi connectivity index (χ1n) is 7.62. The fraction of sp³-hybridized carbons (Fsp3) is 0.100. The number of aromatic nitrogens is 1. The minimum Gasteiger partial charge on any atom is -0.487 e. The number of rotatable bonds is 6. The molecule has 1 aromatic carbocycles. The lowest BCUT2D eigenvalue weighted by atomic mass is 10.2. The Kier molecular flexibility index (Phi) is 4.87. The zero-order chi connectivity index (χ0) is 16.8. The Morgan fingerprint density at radius 3 is 2.62 bits per heavy atom. The summed E-state index contributed by atoms with van der Waals surface area (Å²) < 4.78 is 11.0. The van der Waals surface area contributed by atoms with Crippen molar-refractivity contribution in [2.45, 2.75) is 13.5 Å². The number of hydrogen-bond donors (Lipinski definition) is 0. The van der Waals surface area contributed by atoms with E-state index < -0.39 is 0 Å². The maximum absolute atomic E-state index is 11.9. The number of ether oxygens (including phenoxy) is 1. The Morgan fingerprint density at radius 2 is 1.96 bits per heavy atom. The topological polar surface area (TPSA) is 52.3 Å². The van der Waals surface area contributed by atoms with E-state index in [1.165, 1.54) is 6.08 Å². The maximum atomic E-state index is 11.9. The average Bonchev–Trinajstić information content (AvgIpc) is 3.06. The summed E-state index contributed by atoms with van der Waals surface area (Å²) in [5, 5.41) is 0. The van der Waals surface area contributed by atoms with Gasteiger partial charge in [-0.2, -0.15) is 0 Å². The van der Waals surface area contributed by atoms with Crippen LogP contribution in [0.1, 0.15) is 27.6 Å². The third kappa shape index (κ3) is 4.20. The lowest BCUT2D eigenvalue weighted by Gasteiger charge is -2.05. The van der Waals surface area contributed by atoms with Crippen molar-refractivity contribution in [3.05, 3.63) is 89.6 Å². The number of aryl methyl sites for hydroxylation is 1. The van der Waals surface area contributed by atoms with Gasteiger partial charge >= 0.3 is 0 Å². The molecule has 0 aliphatic carbocycles. The molecule has 0 spiro atoms. The Hall–Kier alpha value is -3.14. The average molecular weight is 319 g/mol. The van der Waals surface area contributed by atoms with E-state index in [1.807, 2.05) is 49.4 Å². The summed E-state index contributed by atoms with van der Waals surface area (Å²) >= 11 is 0. The number of benzene rings is 1. The molecular formula is C20H17NO3. The van der Waals surface area contributed by atoms with Gasteiger partial charge in [-0.15, -0.1) is 0 Å². The highest BCUT2D eigenvalue weighted by atomic mass is 16.5. The monoisotopic (exact) mass is 319 g/mol. The van der Waals surface area contributed by atoms with Crippen molar-refractivity contribution in [3.8, 4) is 5.75 Å². The SMILES string of the molecule is Cc1ccc(C(=O)/C=C/c2ccc(OCc3ccccn3)cc2)o1. The van der Waals surface area contributed by atoms with Crippen LogP contribution in [0.25, 0.3) is 6.08 Å². The molecule has 0 aliphatic rings. The van der Waals surface area contributed by atoms with E-state index in [0.717, 1.165) is 22.8 Å². The summed E-state index contributed by atoms with van der Waals surface area (Å²) in [5.41, 5.74) is 1.79. The zero-order valence-corrected chi connectivity index (χ0v) is 13.3. The predicted octanol–water partition coefficient (Wildman–Crippen LogP) is 4.46. The van der Waals surface area contributed by atoms with E-state index in [4.69, 9.17) is 9.15 Å². The number of allylic oxidation sites excluding steroid dienone is 1. The van der Waals surface area contributed by atoms with Gasteiger partial charge < -0.3 is 9.15 Å². The molecule has 0 saturated carbocycles. The van der Waals surface area contributed by atoms with Crippen LogP contribution >= 0.6 is 0 Å². The lowest BCUT2D eigenvalue weighted by molar-refractivity contribution is 0.102. The molecular weight excluding hydrogens is 302 g/mol. The lowest BCUT2D eigenvalue weighted by Crippen LogP contribution is -1.97. The predicted molar refractivity (Wildman–Crippen MR) is 91.8 cm³/mol. The molecule has 120 valence electrons. The Bertz CT molecular complexity index is 833. The van der Waals surface area contributed by atoms with Crippen molar-refractivity contribution in [2.24, 2.45) is 0 Å². The molecule has 0 atom stereocenters. The van der Waals surface area contributed by atoms with Crippen LogP contribution in [-0.2, 0) is 6.61 Å². The minimum absolute atomic E-state index is 0.154. The van der Waals surface area contributed by atoms with E-state index in [0.29, 0.717) is 12.4 Å². The first kappa shape index (κ1) is 15.7. The van der Waals surface area contributed by atoms with Crippen LogP contribution in [0, 0.1) is 6.92 Å².